The van der Waals surface area contributed by atoms with Gasteiger partial charge < -0.3 is 20.5 Å². The zero-order valence-corrected chi connectivity index (χ0v) is 17.8. The molecule has 5 atom stereocenters. The summed E-state index contributed by atoms with van der Waals surface area (Å²) in [4.78, 5) is 8.27. The molecule has 2 heterocycles. The van der Waals surface area contributed by atoms with Crippen LogP contribution in [0.1, 0.15) is 30.1 Å². The third-order valence-corrected chi connectivity index (χ3v) is 7.52. The number of halogens is 2. The molecule has 31 heavy (non-hydrogen) atoms. The molecule has 0 spiro atoms. The highest BCUT2D eigenvalue weighted by Gasteiger charge is 2.70. The SMILES string of the molecule is C=Nc1ccc(C)n1[C@H]1[C@H](O)[C@H](O)[C@@]2(CCc3cc(F)c4cc(Cl)c(N)nc4c3)C[C@H]12. The Balaban J connectivity index is 1.41. The lowest BCUT2D eigenvalue weighted by Gasteiger charge is -2.26. The molecule has 162 valence electrons. The molecule has 0 unspecified atom stereocenters. The smallest absolute Gasteiger partial charge is 0.142 e. The Morgan fingerprint density at radius 1 is 1.35 bits per heavy atom. The minimum absolute atomic E-state index is 0.127. The largest absolute Gasteiger partial charge is 0.390 e. The van der Waals surface area contributed by atoms with E-state index < -0.39 is 23.4 Å². The first-order valence-electron chi connectivity index (χ1n) is 10.3. The van der Waals surface area contributed by atoms with Crippen LogP contribution in [-0.2, 0) is 6.42 Å². The van der Waals surface area contributed by atoms with Gasteiger partial charge in [-0.25, -0.2) is 14.4 Å². The van der Waals surface area contributed by atoms with Gasteiger partial charge in [0.05, 0.1) is 22.7 Å². The van der Waals surface area contributed by atoms with Gasteiger partial charge in [0.25, 0.3) is 0 Å². The summed E-state index contributed by atoms with van der Waals surface area (Å²) in [5, 5.41) is 22.3. The molecule has 6 nitrogen and oxygen atoms in total. The Labute approximate surface area is 184 Å². The monoisotopic (exact) mass is 442 g/mol. The number of fused-ring (bicyclic) bond motifs is 2. The number of aliphatic hydroxyl groups is 2. The van der Waals surface area contributed by atoms with Crippen LogP contribution in [0.5, 0.6) is 0 Å². The molecule has 0 amide bonds. The summed E-state index contributed by atoms with van der Waals surface area (Å²) in [7, 11) is 0. The van der Waals surface area contributed by atoms with Gasteiger partial charge in [0, 0.05) is 16.5 Å². The van der Waals surface area contributed by atoms with Crippen molar-refractivity contribution in [3.63, 3.8) is 0 Å². The van der Waals surface area contributed by atoms with Crippen LogP contribution in [-0.4, -0.2) is 38.7 Å². The normalized spacial score (nSPS) is 29.3. The highest BCUT2D eigenvalue weighted by Crippen LogP contribution is 2.70. The minimum Gasteiger partial charge on any atom is -0.390 e. The van der Waals surface area contributed by atoms with E-state index in [0.717, 1.165) is 17.7 Å². The predicted molar refractivity (Wildman–Crippen MR) is 119 cm³/mol. The number of aryl methyl sites for hydroxylation is 2. The number of rotatable bonds is 5. The van der Waals surface area contributed by atoms with Crippen molar-refractivity contribution in [2.45, 2.75) is 44.4 Å². The molecule has 5 rings (SSSR count). The number of hydrogen-bond acceptors (Lipinski definition) is 5. The van der Waals surface area contributed by atoms with E-state index in [0.29, 0.717) is 29.6 Å². The first-order chi connectivity index (χ1) is 14.8. The van der Waals surface area contributed by atoms with E-state index >= 15 is 0 Å². The average Bonchev–Trinajstić information content (AvgIpc) is 3.29. The van der Waals surface area contributed by atoms with Crippen molar-refractivity contribution in [2.24, 2.45) is 16.3 Å². The van der Waals surface area contributed by atoms with Crippen LogP contribution in [0.25, 0.3) is 10.9 Å². The first-order valence-corrected chi connectivity index (χ1v) is 10.7. The molecule has 4 N–H and O–H groups in total. The summed E-state index contributed by atoms with van der Waals surface area (Å²) < 4.78 is 16.6. The van der Waals surface area contributed by atoms with Gasteiger partial charge in [-0.2, -0.15) is 0 Å². The number of aliphatic imine (C=N–C) groups is 1. The van der Waals surface area contributed by atoms with E-state index in [-0.39, 0.29) is 22.8 Å². The fourth-order valence-electron chi connectivity index (χ4n) is 5.54. The molecule has 0 bridgehead atoms. The van der Waals surface area contributed by atoms with Crippen LogP contribution in [0.4, 0.5) is 16.0 Å². The first kappa shape index (κ1) is 20.4. The zero-order chi connectivity index (χ0) is 22.1. The summed E-state index contributed by atoms with van der Waals surface area (Å²) in [6.45, 7) is 5.58. The highest BCUT2D eigenvalue weighted by molar-refractivity contribution is 6.33. The van der Waals surface area contributed by atoms with Crippen LogP contribution >= 0.6 is 11.6 Å². The average molecular weight is 443 g/mol. The van der Waals surface area contributed by atoms with E-state index in [2.05, 4.69) is 16.7 Å². The van der Waals surface area contributed by atoms with Crippen molar-refractivity contribution >= 4 is 40.9 Å². The Bertz CT molecular complexity index is 1210. The lowest BCUT2D eigenvalue weighted by Crippen LogP contribution is -2.34. The Hall–Kier alpha value is -2.48. The van der Waals surface area contributed by atoms with Crippen LogP contribution in [0.2, 0.25) is 5.02 Å². The van der Waals surface area contributed by atoms with Crippen LogP contribution in [0.15, 0.2) is 35.3 Å². The van der Waals surface area contributed by atoms with E-state index in [9.17, 15) is 14.6 Å². The van der Waals surface area contributed by atoms with Gasteiger partial charge in [-0.1, -0.05) is 11.6 Å². The van der Waals surface area contributed by atoms with Crippen molar-refractivity contribution in [1.29, 1.82) is 0 Å². The second kappa shape index (κ2) is 7.02. The van der Waals surface area contributed by atoms with E-state index in [4.69, 9.17) is 17.3 Å². The number of nitrogen functional groups attached to an aromatic ring is 1. The Morgan fingerprint density at radius 3 is 2.87 bits per heavy atom. The lowest BCUT2D eigenvalue weighted by molar-refractivity contribution is -0.0196. The molecule has 0 aliphatic heterocycles. The lowest BCUT2D eigenvalue weighted by atomic mass is 9.91. The number of anilines is 1. The Morgan fingerprint density at radius 2 is 2.13 bits per heavy atom. The standard InChI is InChI=1S/C23H24ClFN4O2/c1-11-3-4-18(27-2)29(11)19-14-10-23(14,21(31)20(19)30)6-5-12-7-16(25)13-9-15(24)22(26)28-17(13)8-12/h3-4,7-9,14,19-21,30-31H,2,5-6,10H2,1H3,(H2,26,28)/t14-,19-,20+,21+,23+/m1/s1. The second-order valence-corrected chi connectivity index (χ2v) is 9.24. The maximum Gasteiger partial charge on any atom is 0.142 e. The summed E-state index contributed by atoms with van der Waals surface area (Å²) in [5.74, 6) is 0.580. The molecular weight excluding hydrogens is 419 g/mol. The topological polar surface area (TPSA) is 96.7 Å². The van der Waals surface area contributed by atoms with Crippen LogP contribution in [0.3, 0.4) is 0 Å². The van der Waals surface area contributed by atoms with E-state index in [1.807, 2.05) is 29.7 Å². The summed E-state index contributed by atoms with van der Waals surface area (Å²) in [6.07, 6.45) is 0.266. The number of aliphatic hydroxyl groups excluding tert-OH is 2. The van der Waals surface area contributed by atoms with Crippen molar-refractivity contribution < 1.29 is 14.6 Å². The summed E-state index contributed by atoms with van der Waals surface area (Å²) >= 11 is 5.97. The van der Waals surface area contributed by atoms with Crippen molar-refractivity contribution in [2.75, 3.05) is 5.73 Å². The molecule has 3 aromatic rings. The summed E-state index contributed by atoms with van der Waals surface area (Å²) in [6, 6.07) is 8.34. The van der Waals surface area contributed by atoms with Gasteiger partial charge >= 0.3 is 0 Å². The van der Waals surface area contributed by atoms with Gasteiger partial charge in [0.1, 0.15) is 23.6 Å². The van der Waals surface area contributed by atoms with Crippen molar-refractivity contribution in [3.05, 3.63) is 52.4 Å². The zero-order valence-electron chi connectivity index (χ0n) is 17.1. The molecular formula is C23H24ClFN4O2. The maximum absolute atomic E-state index is 14.6. The fraction of sp³-hybridized carbons (Fsp3) is 0.391. The number of nitrogens with zero attached hydrogens (tertiary/aromatic N) is 3. The van der Waals surface area contributed by atoms with Crippen LogP contribution in [0, 0.1) is 24.1 Å². The molecule has 0 radical (unpaired) electrons. The molecule has 2 aromatic heterocycles. The quantitative estimate of drug-likeness (QED) is 0.521. The third kappa shape index (κ3) is 2.98. The van der Waals surface area contributed by atoms with Crippen molar-refractivity contribution in [3.8, 4) is 0 Å². The molecule has 8 heteroatoms. The van der Waals surface area contributed by atoms with Gasteiger partial charge in [-0.3, -0.25) is 0 Å². The highest BCUT2D eigenvalue weighted by atomic mass is 35.5. The maximum atomic E-state index is 14.6. The molecule has 0 saturated heterocycles. The summed E-state index contributed by atoms with van der Waals surface area (Å²) in [5.41, 5.74) is 7.59. The number of benzene rings is 1. The fourth-order valence-corrected chi connectivity index (χ4v) is 5.69. The van der Waals surface area contributed by atoms with E-state index in [1.54, 1.807) is 0 Å². The number of hydrogen-bond donors (Lipinski definition) is 3. The number of pyridine rings is 1. The van der Waals surface area contributed by atoms with Gasteiger partial charge in [0.15, 0.2) is 0 Å². The van der Waals surface area contributed by atoms with Crippen LogP contribution < -0.4 is 5.73 Å². The second-order valence-electron chi connectivity index (χ2n) is 8.83. The third-order valence-electron chi connectivity index (χ3n) is 7.22. The predicted octanol–water partition coefficient (Wildman–Crippen LogP) is 3.97. The Kier molecular flexibility index (Phi) is 4.62. The molecule has 2 saturated carbocycles. The number of aromatic nitrogens is 2. The van der Waals surface area contributed by atoms with E-state index in [1.165, 1.54) is 12.1 Å². The number of nitrogens with two attached hydrogens (primary N) is 1. The minimum atomic E-state index is -0.887. The molecule has 1 aromatic carbocycles. The molecule has 2 fully saturated rings. The van der Waals surface area contributed by atoms with Gasteiger partial charge in [-0.05, 0) is 74.7 Å². The molecule has 2 aliphatic rings. The van der Waals surface area contributed by atoms with Crippen molar-refractivity contribution in [1.82, 2.24) is 9.55 Å². The molecule has 2 aliphatic carbocycles. The van der Waals surface area contributed by atoms with Gasteiger partial charge in [0.2, 0.25) is 0 Å². The van der Waals surface area contributed by atoms with Gasteiger partial charge in [-0.15, -0.1) is 0 Å².